The Hall–Kier alpha value is -2.67. The molecule has 1 aromatic carbocycles. The first kappa shape index (κ1) is 19.6. The first-order valence-corrected chi connectivity index (χ1v) is 10.3. The number of aromatic nitrogens is 2. The van der Waals surface area contributed by atoms with Crippen LogP contribution >= 0.6 is 0 Å². The molecular formula is C22H29N5O2. The highest BCUT2D eigenvalue weighted by Gasteiger charge is 2.56. The lowest BCUT2D eigenvalue weighted by atomic mass is 9.86. The van der Waals surface area contributed by atoms with Crippen molar-refractivity contribution in [3.8, 4) is 0 Å². The molecule has 0 N–H and O–H groups in total. The summed E-state index contributed by atoms with van der Waals surface area (Å²) in [6.07, 6.45) is 3.96. The number of carbonyl (C=O) groups excluding carboxylic acids is 2. The van der Waals surface area contributed by atoms with Crippen LogP contribution in [0.2, 0.25) is 0 Å². The molecule has 1 aromatic heterocycles. The summed E-state index contributed by atoms with van der Waals surface area (Å²) < 4.78 is 1.89. The second-order valence-electron chi connectivity index (χ2n) is 8.22. The minimum atomic E-state index is -0.686. The number of carbonyl (C=O) groups is 2. The third kappa shape index (κ3) is 3.44. The van der Waals surface area contributed by atoms with Gasteiger partial charge in [-0.05, 0) is 31.7 Å². The average molecular weight is 396 g/mol. The van der Waals surface area contributed by atoms with Crippen molar-refractivity contribution >= 4 is 11.9 Å². The molecule has 4 rings (SSSR count). The molecule has 0 bridgehead atoms. The summed E-state index contributed by atoms with van der Waals surface area (Å²) in [5.74, 6) is -0.0295. The highest BCUT2D eigenvalue weighted by molar-refractivity contribution is 6.07. The van der Waals surface area contributed by atoms with Gasteiger partial charge in [-0.3, -0.25) is 19.3 Å². The first-order chi connectivity index (χ1) is 13.9. The standard InChI is InChI=1S/C22H29N5O2/c1-17-19(15-23-25(17)3)16-26-13-10-22(11-14-26)20(28)27(21(29)24(22)2)12-9-18-7-5-4-6-8-18/h4-8,15H,9-14,16H2,1-3H3. The molecule has 154 valence electrons. The summed E-state index contributed by atoms with van der Waals surface area (Å²) in [7, 11) is 3.73. The maximum absolute atomic E-state index is 13.3. The van der Waals surface area contributed by atoms with Crippen LogP contribution in [0.4, 0.5) is 4.79 Å². The predicted molar refractivity (Wildman–Crippen MR) is 110 cm³/mol. The quantitative estimate of drug-likeness (QED) is 0.728. The fraction of sp³-hybridized carbons (Fsp3) is 0.500. The van der Waals surface area contributed by atoms with Gasteiger partial charge in [-0.25, -0.2) is 4.79 Å². The number of hydrogen-bond acceptors (Lipinski definition) is 4. The van der Waals surface area contributed by atoms with Crippen molar-refractivity contribution < 1.29 is 9.59 Å². The Labute approximate surface area is 171 Å². The van der Waals surface area contributed by atoms with Crippen LogP contribution in [0.5, 0.6) is 0 Å². The number of nitrogens with zero attached hydrogens (tertiary/aromatic N) is 5. The molecule has 29 heavy (non-hydrogen) atoms. The third-order valence-corrected chi connectivity index (χ3v) is 6.68. The lowest BCUT2D eigenvalue weighted by molar-refractivity contribution is -0.135. The number of hydrogen-bond donors (Lipinski definition) is 0. The van der Waals surface area contributed by atoms with Crippen molar-refractivity contribution in [2.45, 2.75) is 38.3 Å². The molecule has 2 aliphatic rings. The van der Waals surface area contributed by atoms with E-state index >= 15 is 0 Å². The molecule has 0 unspecified atom stereocenters. The maximum Gasteiger partial charge on any atom is 0.327 e. The van der Waals surface area contributed by atoms with Crippen molar-refractivity contribution in [3.63, 3.8) is 0 Å². The van der Waals surface area contributed by atoms with Gasteiger partial charge in [0, 0.05) is 51.5 Å². The summed E-state index contributed by atoms with van der Waals surface area (Å²) in [5.41, 5.74) is 2.84. The van der Waals surface area contributed by atoms with E-state index in [1.54, 1.807) is 11.9 Å². The number of urea groups is 1. The zero-order valence-electron chi connectivity index (χ0n) is 17.5. The van der Waals surface area contributed by atoms with Crippen LogP contribution in [0.25, 0.3) is 0 Å². The van der Waals surface area contributed by atoms with Crippen molar-refractivity contribution in [1.82, 2.24) is 24.5 Å². The van der Waals surface area contributed by atoms with Gasteiger partial charge in [-0.1, -0.05) is 30.3 Å². The molecular weight excluding hydrogens is 366 g/mol. The smallest absolute Gasteiger partial charge is 0.312 e. The Balaban J connectivity index is 1.41. The molecule has 1 spiro atoms. The largest absolute Gasteiger partial charge is 0.327 e. The summed E-state index contributed by atoms with van der Waals surface area (Å²) >= 11 is 0. The molecule has 2 saturated heterocycles. The van der Waals surface area contributed by atoms with Crippen LogP contribution in [0, 0.1) is 6.92 Å². The molecule has 0 atom stereocenters. The number of amides is 3. The summed E-state index contributed by atoms with van der Waals surface area (Å²) in [6.45, 7) is 4.94. The van der Waals surface area contributed by atoms with Crippen LogP contribution in [0.3, 0.4) is 0 Å². The zero-order chi connectivity index (χ0) is 20.6. The monoisotopic (exact) mass is 395 g/mol. The van der Waals surface area contributed by atoms with Gasteiger partial charge < -0.3 is 4.90 Å². The Kier molecular flexibility index (Phi) is 5.17. The number of aryl methyl sites for hydroxylation is 1. The van der Waals surface area contributed by atoms with E-state index in [0.717, 1.165) is 25.2 Å². The molecule has 0 aliphatic carbocycles. The minimum absolute atomic E-state index is 0.0295. The average Bonchev–Trinajstić information content (AvgIpc) is 3.14. The van der Waals surface area contributed by atoms with E-state index in [4.69, 9.17) is 0 Å². The van der Waals surface area contributed by atoms with Crippen molar-refractivity contribution in [2.24, 2.45) is 7.05 Å². The van der Waals surface area contributed by atoms with E-state index in [0.29, 0.717) is 25.8 Å². The topological polar surface area (TPSA) is 61.7 Å². The second kappa shape index (κ2) is 7.63. The van der Waals surface area contributed by atoms with Gasteiger partial charge in [0.25, 0.3) is 5.91 Å². The Morgan fingerprint density at radius 3 is 2.38 bits per heavy atom. The van der Waals surface area contributed by atoms with Crippen LogP contribution in [0.1, 0.15) is 29.7 Å². The predicted octanol–water partition coefficient (Wildman–Crippen LogP) is 2.20. The van der Waals surface area contributed by atoms with Crippen LogP contribution in [-0.4, -0.2) is 68.6 Å². The summed E-state index contributed by atoms with van der Waals surface area (Å²) in [5, 5.41) is 4.32. The highest BCUT2D eigenvalue weighted by Crippen LogP contribution is 2.36. The van der Waals surface area contributed by atoms with Gasteiger partial charge >= 0.3 is 6.03 Å². The van der Waals surface area contributed by atoms with Gasteiger partial charge in [0.15, 0.2) is 0 Å². The molecule has 7 heteroatoms. The number of likely N-dealkylation sites (N-methyl/N-ethyl adjacent to an activating group) is 1. The van der Waals surface area contributed by atoms with Crippen molar-refractivity contribution in [3.05, 3.63) is 53.3 Å². The van der Waals surface area contributed by atoms with E-state index in [-0.39, 0.29) is 11.9 Å². The van der Waals surface area contributed by atoms with Gasteiger partial charge in [0.05, 0.1) is 6.20 Å². The molecule has 7 nitrogen and oxygen atoms in total. The Morgan fingerprint density at radius 2 is 1.76 bits per heavy atom. The number of likely N-dealkylation sites (tertiary alicyclic amines) is 1. The van der Waals surface area contributed by atoms with E-state index < -0.39 is 5.54 Å². The molecule has 2 aromatic rings. The fourth-order valence-corrected chi connectivity index (χ4v) is 4.50. The van der Waals surface area contributed by atoms with Gasteiger partial charge in [-0.15, -0.1) is 0 Å². The molecule has 3 heterocycles. The normalized spacial score (nSPS) is 19.6. The highest BCUT2D eigenvalue weighted by atomic mass is 16.2. The number of piperidine rings is 1. The summed E-state index contributed by atoms with van der Waals surface area (Å²) in [4.78, 5) is 31.6. The molecule has 2 aliphatic heterocycles. The molecule has 3 amide bonds. The fourth-order valence-electron chi connectivity index (χ4n) is 4.50. The van der Waals surface area contributed by atoms with E-state index in [1.807, 2.05) is 48.3 Å². The number of rotatable bonds is 5. The van der Waals surface area contributed by atoms with E-state index in [9.17, 15) is 9.59 Å². The maximum atomic E-state index is 13.3. The van der Waals surface area contributed by atoms with Gasteiger partial charge in [0.1, 0.15) is 5.54 Å². The Bertz CT molecular complexity index is 899. The molecule has 0 saturated carbocycles. The minimum Gasteiger partial charge on any atom is -0.312 e. The van der Waals surface area contributed by atoms with Crippen LogP contribution in [-0.2, 0) is 24.8 Å². The molecule has 0 radical (unpaired) electrons. The first-order valence-electron chi connectivity index (χ1n) is 10.3. The second-order valence-corrected chi connectivity index (χ2v) is 8.22. The van der Waals surface area contributed by atoms with Crippen LogP contribution in [0.15, 0.2) is 36.5 Å². The third-order valence-electron chi connectivity index (χ3n) is 6.68. The zero-order valence-corrected chi connectivity index (χ0v) is 17.5. The van der Waals surface area contributed by atoms with E-state index in [1.165, 1.54) is 16.2 Å². The Morgan fingerprint density at radius 1 is 1.07 bits per heavy atom. The summed E-state index contributed by atoms with van der Waals surface area (Å²) in [6, 6.07) is 9.83. The number of imide groups is 1. The van der Waals surface area contributed by atoms with Gasteiger partial charge in [0.2, 0.25) is 0 Å². The lowest BCUT2D eigenvalue weighted by Crippen LogP contribution is -2.55. The lowest BCUT2D eigenvalue weighted by Gasteiger charge is -2.40. The number of benzene rings is 1. The van der Waals surface area contributed by atoms with Gasteiger partial charge in [-0.2, -0.15) is 5.10 Å². The van der Waals surface area contributed by atoms with E-state index in [2.05, 4.69) is 16.9 Å². The molecule has 2 fully saturated rings. The SMILES string of the molecule is Cc1c(CN2CCC3(CC2)C(=O)N(CCc2ccccc2)C(=O)N3C)cnn1C. The van der Waals surface area contributed by atoms with Crippen molar-refractivity contribution in [2.75, 3.05) is 26.7 Å². The van der Waals surface area contributed by atoms with Crippen LogP contribution < -0.4 is 0 Å². The van der Waals surface area contributed by atoms with Crippen molar-refractivity contribution in [1.29, 1.82) is 0 Å².